The molecule has 0 aliphatic heterocycles. The van der Waals surface area contributed by atoms with Gasteiger partial charge < -0.3 is 4.55 Å². The SMILES string of the molecule is O=S(=O)([O-])Cc1ccc2c(c1)c(-c1ccccc1)nc1ccccc12. The van der Waals surface area contributed by atoms with E-state index in [0.29, 0.717) is 5.56 Å². The van der Waals surface area contributed by atoms with Gasteiger partial charge in [-0.3, -0.25) is 0 Å². The lowest BCUT2D eigenvalue weighted by atomic mass is 9.98. The molecule has 1 aromatic heterocycles. The van der Waals surface area contributed by atoms with Crippen LogP contribution in [0.4, 0.5) is 0 Å². The van der Waals surface area contributed by atoms with Gasteiger partial charge in [-0.15, -0.1) is 0 Å². The third-order valence-electron chi connectivity index (χ3n) is 4.16. The summed E-state index contributed by atoms with van der Waals surface area (Å²) in [6.07, 6.45) is 0. The molecule has 0 aliphatic rings. The molecule has 0 bridgehead atoms. The molecule has 124 valence electrons. The van der Waals surface area contributed by atoms with Gasteiger partial charge in [-0.25, -0.2) is 13.4 Å². The minimum Gasteiger partial charge on any atom is -0.748 e. The maximum atomic E-state index is 11.1. The van der Waals surface area contributed by atoms with Gasteiger partial charge in [0.05, 0.1) is 27.1 Å². The van der Waals surface area contributed by atoms with E-state index in [1.54, 1.807) is 12.1 Å². The number of benzene rings is 3. The largest absolute Gasteiger partial charge is 0.748 e. The molecule has 0 amide bonds. The topological polar surface area (TPSA) is 70.1 Å². The van der Waals surface area contributed by atoms with Crippen molar-refractivity contribution in [3.63, 3.8) is 0 Å². The molecule has 3 aromatic carbocycles. The summed E-state index contributed by atoms with van der Waals surface area (Å²) in [7, 11) is -4.34. The second-order valence-corrected chi connectivity index (χ2v) is 7.33. The summed E-state index contributed by atoms with van der Waals surface area (Å²) in [4.78, 5) is 4.78. The molecule has 1 heterocycles. The highest BCUT2D eigenvalue weighted by Crippen LogP contribution is 2.33. The number of para-hydroxylation sites is 1. The van der Waals surface area contributed by atoms with Crippen molar-refractivity contribution in [3.8, 4) is 11.3 Å². The number of hydrogen-bond acceptors (Lipinski definition) is 4. The van der Waals surface area contributed by atoms with Crippen LogP contribution in [-0.4, -0.2) is 18.0 Å². The summed E-state index contributed by atoms with van der Waals surface area (Å²) in [6.45, 7) is 0. The maximum Gasteiger partial charge on any atom is 0.0988 e. The van der Waals surface area contributed by atoms with Gasteiger partial charge in [0.2, 0.25) is 0 Å². The van der Waals surface area contributed by atoms with Crippen molar-refractivity contribution in [2.75, 3.05) is 0 Å². The van der Waals surface area contributed by atoms with E-state index in [-0.39, 0.29) is 0 Å². The first-order valence-electron chi connectivity index (χ1n) is 7.82. The summed E-state index contributed by atoms with van der Waals surface area (Å²) < 4.78 is 33.4. The lowest BCUT2D eigenvalue weighted by Gasteiger charge is -2.13. The molecule has 5 heteroatoms. The maximum absolute atomic E-state index is 11.1. The molecule has 4 nitrogen and oxygen atoms in total. The fourth-order valence-corrected chi connectivity index (χ4v) is 3.70. The van der Waals surface area contributed by atoms with E-state index in [4.69, 9.17) is 4.98 Å². The van der Waals surface area contributed by atoms with E-state index in [0.717, 1.165) is 32.9 Å². The molecule has 0 unspecified atom stereocenters. The van der Waals surface area contributed by atoms with Gasteiger partial charge in [0, 0.05) is 16.3 Å². The van der Waals surface area contributed by atoms with Gasteiger partial charge in [-0.2, -0.15) is 0 Å². The smallest absolute Gasteiger partial charge is 0.0988 e. The van der Waals surface area contributed by atoms with E-state index in [2.05, 4.69) is 0 Å². The molecule has 0 aliphatic carbocycles. The van der Waals surface area contributed by atoms with E-state index < -0.39 is 15.9 Å². The highest BCUT2D eigenvalue weighted by atomic mass is 32.2. The zero-order valence-electron chi connectivity index (χ0n) is 13.2. The average molecular weight is 348 g/mol. The Morgan fingerprint density at radius 3 is 2.28 bits per heavy atom. The van der Waals surface area contributed by atoms with Crippen molar-refractivity contribution in [1.29, 1.82) is 0 Å². The van der Waals surface area contributed by atoms with Gasteiger partial charge >= 0.3 is 0 Å². The molecule has 4 rings (SSSR count). The summed E-state index contributed by atoms with van der Waals surface area (Å²) in [5.74, 6) is -0.524. The third kappa shape index (κ3) is 3.12. The van der Waals surface area contributed by atoms with Crippen LogP contribution in [0.3, 0.4) is 0 Å². The first kappa shape index (κ1) is 15.7. The van der Waals surface area contributed by atoms with Gasteiger partial charge in [-0.1, -0.05) is 60.7 Å². The van der Waals surface area contributed by atoms with Crippen LogP contribution in [-0.2, 0) is 15.9 Å². The molecule has 0 N–H and O–H groups in total. The van der Waals surface area contributed by atoms with Gasteiger partial charge in [0.1, 0.15) is 0 Å². The Hall–Kier alpha value is -2.76. The predicted octanol–water partition coefficient (Wildman–Crippen LogP) is 4.10. The van der Waals surface area contributed by atoms with E-state index in [1.165, 1.54) is 0 Å². The van der Waals surface area contributed by atoms with Gasteiger partial charge in [-0.05, 0) is 23.1 Å². The Kier molecular flexibility index (Phi) is 3.75. The van der Waals surface area contributed by atoms with E-state index >= 15 is 0 Å². The third-order valence-corrected chi connectivity index (χ3v) is 4.84. The second kappa shape index (κ2) is 5.95. The number of hydrogen-bond donors (Lipinski definition) is 0. The summed E-state index contributed by atoms with van der Waals surface area (Å²) in [5.41, 5.74) is 3.06. The molecular formula is C20H14NO3S-. The molecule has 0 saturated carbocycles. The summed E-state index contributed by atoms with van der Waals surface area (Å²) >= 11 is 0. The highest BCUT2D eigenvalue weighted by molar-refractivity contribution is 7.84. The highest BCUT2D eigenvalue weighted by Gasteiger charge is 2.11. The minimum atomic E-state index is -4.34. The van der Waals surface area contributed by atoms with Crippen LogP contribution in [0.2, 0.25) is 0 Å². The van der Waals surface area contributed by atoms with Crippen LogP contribution in [0.25, 0.3) is 32.9 Å². The van der Waals surface area contributed by atoms with Crippen molar-refractivity contribution in [3.05, 3.63) is 78.4 Å². The van der Waals surface area contributed by atoms with Crippen LogP contribution in [0.5, 0.6) is 0 Å². The number of rotatable bonds is 3. The summed E-state index contributed by atoms with van der Waals surface area (Å²) in [6, 6.07) is 22.9. The Morgan fingerprint density at radius 1 is 0.800 bits per heavy atom. The normalized spacial score (nSPS) is 11.9. The average Bonchev–Trinajstić information content (AvgIpc) is 2.60. The molecule has 0 spiro atoms. The number of nitrogens with zero attached hydrogens (tertiary/aromatic N) is 1. The van der Waals surface area contributed by atoms with Crippen LogP contribution in [0.15, 0.2) is 72.8 Å². The molecule has 0 saturated heterocycles. The van der Waals surface area contributed by atoms with Crippen LogP contribution in [0, 0.1) is 0 Å². The predicted molar refractivity (Wildman–Crippen MR) is 98.1 cm³/mol. The Morgan fingerprint density at radius 2 is 1.52 bits per heavy atom. The van der Waals surface area contributed by atoms with Crippen molar-refractivity contribution >= 4 is 31.8 Å². The molecule has 25 heavy (non-hydrogen) atoms. The van der Waals surface area contributed by atoms with Crippen LogP contribution < -0.4 is 0 Å². The standard InChI is InChI=1S/C20H15NO3S/c22-25(23,24)13-14-10-11-16-17-8-4-5-9-19(17)21-20(18(16)12-14)15-6-2-1-3-7-15/h1-12H,13H2,(H,22,23,24)/p-1. The van der Waals surface area contributed by atoms with Crippen LogP contribution >= 0.6 is 0 Å². The van der Waals surface area contributed by atoms with Crippen molar-refractivity contribution in [1.82, 2.24) is 4.98 Å². The lowest BCUT2D eigenvalue weighted by molar-refractivity contribution is 0.462. The summed E-state index contributed by atoms with van der Waals surface area (Å²) in [5, 5.41) is 2.82. The Bertz CT molecular complexity index is 1190. The molecule has 0 radical (unpaired) electrons. The zero-order valence-corrected chi connectivity index (χ0v) is 14.0. The fraction of sp³-hybridized carbons (Fsp3) is 0.0500. The van der Waals surface area contributed by atoms with Crippen LogP contribution in [0.1, 0.15) is 5.56 Å². The second-order valence-electron chi connectivity index (χ2n) is 5.93. The fourth-order valence-electron chi connectivity index (χ4n) is 3.11. The van der Waals surface area contributed by atoms with Gasteiger partial charge in [0.15, 0.2) is 0 Å². The Labute approximate surface area is 145 Å². The van der Waals surface area contributed by atoms with Crippen molar-refractivity contribution in [2.45, 2.75) is 5.75 Å². The first-order chi connectivity index (χ1) is 12.0. The quantitative estimate of drug-likeness (QED) is 0.413. The van der Waals surface area contributed by atoms with E-state index in [9.17, 15) is 13.0 Å². The number of aromatic nitrogens is 1. The molecule has 0 fully saturated rings. The van der Waals surface area contributed by atoms with Crippen molar-refractivity contribution in [2.24, 2.45) is 0 Å². The first-order valence-corrected chi connectivity index (χ1v) is 9.39. The molecule has 4 aromatic rings. The van der Waals surface area contributed by atoms with Crippen molar-refractivity contribution < 1.29 is 13.0 Å². The van der Waals surface area contributed by atoms with Gasteiger partial charge in [0.25, 0.3) is 0 Å². The Balaban J connectivity index is 2.07. The number of fused-ring (bicyclic) bond motifs is 3. The lowest BCUT2D eigenvalue weighted by Crippen LogP contribution is -2.02. The number of pyridine rings is 1. The minimum absolute atomic E-state index is 0.469. The molecular weight excluding hydrogens is 334 g/mol. The monoisotopic (exact) mass is 348 g/mol. The molecule has 0 atom stereocenters. The zero-order chi connectivity index (χ0) is 17.4. The van der Waals surface area contributed by atoms with E-state index in [1.807, 2.05) is 60.7 Å².